The molecular weight excluding hydrogens is 340 g/mol. The Balaban J connectivity index is 1.66. The summed E-state index contributed by atoms with van der Waals surface area (Å²) in [5.74, 6) is -0.165. The van der Waals surface area contributed by atoms with Crippen molar-refractivity contribution in [2.45, 2.75) is 26.8 Å². The summed E-state index contributed by atoms with van der Waals surface area (Å²) in [6.45, 7) is 4.93. The fraction of sp³-hybridized carbons (Fsp3) is 0.286. The Labute approximate surface area is 159 Å². The van der Waals surface area contributed by atoms with E-state index in [1.165, 1.54) is 6.92 Å². The van der Waals surface area contributed by atoms with Crippen molar-refractivity contribution in [1.82, 2.24) is 4.90 Å². The molecule has 2 aromatic carbocycles. The number of rotatable bonds is 5. The van der Waals surface area contributed by atoms with Gasteiger partial charge in [-0.25, -0.2) is 0 Å². The van der Waals surface area contributed by atoms with Crippen molar-refractivity contribution >= 4 is 28.9 Å². The third-order valence-electron chi connectivity index (χ3n) is 4.55. The van der Waals surface area contributed by atoms with E-state index in [2.05, 4.69) is 10.4 Å². The molecule has 6 heteroatoms. The van der Waals surface area contributed by atoms with Crippen LogP contribution in [0.25, 0.3) is 0 Å². The van der Waals surface area contributed by atoms with Gasteiger partial charge >= 0.3 is 0 Å². The minimum atomic E-state index is -0.167. The highest BCUT2D eigenvalue weighted by molar-refractivity contribution is 6.04. The molecule has 0 saturated heterocycles. The monoisotopic (exact) mass is 364 g/mol. The van der Waals surface area contributed by atoms with Crippen LogP contribution in [-0.2, 0) is 11.3 Å². The summed E-state index contributed by atoms with van der Waals surface area (Å²) in [6, 6.07) is 15.0. The van der Waals surface area contributed by atoms with Crippen LogP contribution in [-0.4, -0.2) is 36.0 Å². The normalized spacial score (nSPS) is 13.3. The number of carbonyl (C=O) groups is 2. The standard InChI is InChI=1S/C21H24N4O2/c1-15-11-12-25(23-15)20-9-7-18(8-10-20)21(27)22-19-6-4-5-17(13-19)14-24(3)16(2)26/h4-10,13H,11-12,14H2,1-3H3,(H,22,27). The van der Waals surface area contributed by atoms with E-state index < -0.39 is 0 Å². The first-order valence-electron chi connectivity index (χ1n) is 8.96. The molecule has 0 unspecified atom stereocenters. The summed E-state index contributed by atoms with van der Waals surface area (Å²) in [6.07, 6.45) is 0.970. The molecule has 2 aromatic rings. The van der Waals surface area contributed by atoms with Gasteiger partial charge in [0.2, 0.25) is 5.91 Å². The second-order valence-electron chi connectivity index (χ2n) is 6.78. The molecule has 0 spiro atoms. The summed E-state index contributed by atoms with van der Waals surface area (Å²) in [4.78, 5) is 25.5. The lowest BCUT2D eigenvalue weighted by Crippen LogP contribution is -2.23. The van der Waals surface area contributed by atoms with E-state index in [1.807, 2.05) is 48.3 Å². The zero-order chi connectivity index (χ0) is 19.4. The molecule has 1 heterocycles. The van der Waals surface area contributed by atoms with Crippen LogP contribution in [0.4, 0.5) is 11.4 Å². The van der Waals surface area contributed by atoms with Gasteiger partial charge in [-0.1, -0.05) is 12.1 Å². The average molecular weight is 364 g/mol. The van der Waals surface area contributed by atoms with Gasteiger partial charge in [-0.2, -0.15) is 5.10 Å². The number of carbonyl (C=O) groups excluding carboxylic acids is 2. The highest BCUT2D eigenvalue weighted by Crippen LogP contribution is 2.20. The van der Waals surface area contributed by atoms with Gasteiger partial charge in [-0.15, -0.1) is 0 Å². The lowest BCUT2D eigenvalue weighted by Gasteiger charge is -2.16. The quantitative estimate of drug-likeness (QED) is 0.883. The molecule has 2 amide bonds. The van der Waals surface area contributed by atoms with E-state index >= 15 is 0 Å². The molecule has 6 nitrogen and oxygen atoms in total. The summed E-state index contributed by atoms with van der Waals surface area (Å²) in [7, 11) is 1.75. The van der Waals surface area contributed by atoms with Gasteiger partial charge in [0.05, 0.1) is 5.69 Å². The summed E-state index contributed by atoms with van der Waals surface area (Å²) in [5.41, 5.74) is 4.36. The number of hydrogen-bond donors (Lipinski definition) is 1. The first-order chi connectivity index (χ1) is 12.9. The molecule has 1 aliphatic rings. The molecule has 1 aliphatic heterocycles. The number of hydrazone groups is 1. The largest absolute Gasteiger partial charge is 0.342 e. The van der Waals surface area contributed by atoms with Crippen molar-refractivity contribution in [3.8, 4) is 0 Å². The molecule has 1 N–H and O–H groups in total. The van der Waals surface area contributed by atoms with E-state index in [1.54, 1.807) is 24.1 Å². The lowest BCUT2D eigenvalue weighted by molar-refractivity contribution is -0.128. The Morgan fingerprint density at radius 2 is 1.93 bits per heavy atom. The molecule has 27 heavy (non-hydrogen) atoms. The molecule has 0 radical (unpaired) electrons. The minimum Gasteiger partial charge on any atom is -0.342 e. The molecule has 0 saturated carbocycles. The van der Waals surface area contributed by atoms with Gasteiger partial charge in [0, 0.05) is 50.4 Å². The average Bonchev–Trinajstić information content (AvgIpc) is 3.08. The maximum absolute atomic E-state index is 12.5. The van der Waals surface area contributed by atoms with E-state index in [0.717, 1.165) is 29.9 Å². The van der Waals surface area contributed by atoms with Crippen LogP contribution in [0.2, 0.25) is 0 Å². The molecule has 0 bridgehead atoms. The first-order valence-corrected chi connectivity index (χ1v) is 8.96. The van der Waals surface area contributed by atoms with Gasteiger partial charge in [0.25, 0.3) is 5.91 Å². The minimum absolute atomic E-state index is 0.00191. The van der Waals surface area contributed by atoms with Gasteiger partial charge in [-0.05, 0) is 48.9 Å². The van der Waals surface area contributed by atoms with Gasteiger partial charge in [-0.3, -0.25) is 14.6 Å². The smallest absolute Gasteiger partial charge is 0.255 e. The Morgan fingerprint density at radius 3 is 2.56 bits per heavy atom. The molecule has 3 rings (SSSR count). The highest BCUT2D eigenvalue weighted by atomic mass is 16.2. The van der Waals surface area contributed by atoms with E-state index in [9.17, 15) is 9.59 Å². The van der Waals surface area contributed by atoms with E-state index in [-0.39, 0.29) is 11.8 Å². The van der Waals surface area contributed by atoms with Crippen molar-refractivity contribution in [3.05, 3.63) is 59.7 Å². The third-order valence-corrected chi connectivity index (χ3v) is 4.55. The van der Waals surface area contributed by atoms with Crippen LogP contribution in [0.1, 0.15) is 36.2 Å². The van der Waals surface area contributed by atoms with Crippen molar-refractivity contribution in [3.63, 3.8) is 0 Å². The second kappa shape index (κ2) is 8.03. The number of benzene rings is 2. The molecular formula is C21H24N4O2. The van der Waals surface area contributed by atoms with Crippen molar-refractivity contribution in [2.75, 3.05) is 23.9 Å². The Bertz CT molecular complexity index is 874. The maximum atomic E-state index is 12.5. The second-order valence-corrected chi connectivity index (χ2v) is 6.78. The van der Waals surface area contributed by atoms with Crippen molar-refractivity contribution < 1.29 is 9.59 Å². The molecule has 0 atom stereocenters. The Hall–Kier alpha value is -3.15. The summed E-state index contributed by atoms with van der Waals surface area (Å²) < 4.78 is 0. The predicted octanol–water partition coefficient (Wildman–Crippen LogP) is 3.50. The van der Waals surface area contributed by atoms with Crippen molar-refractivity contribution in [1.29, 1.82) is 0 Å². The SMILES string of the molecule is CC(=O)N(C)Cc1cccc(NC(=O)c2ccc(N3CCC(C)=N3)cc2)c1. The molecule has 0 fully saturated rings. The maximum Gasteiger partial charge on any atom is 0.255 e. The fourth-order valence-electron chi connectivity index (χ4n) is 2.88. The van der Waals surface area contributed by atoms with Crippen LogP contribution in [0.3, 0.4) is 0 Å². The van der Waals surface area contributed by atoms with Gasteiger partial charge in [0.15, 0.2) is 0 Å². The Morgan fingerprint density at radius 1 is 1.19 bits per heavy atom. The fourth-order valence-corrected chi connectivity index (χ4v) is 2.88. The molecule has 0 aromatic heterocycles. The lowest BCUT2D eigenvalue weighted by atomic mass is 10.1. The Kier molecular flexibility index (Phi) is 5.54. The summed E-state index contributed by atoms with van der Waals surface area (Å²) in [5, 5.41) is 9.33. The van der Waals surface area contributed by atoms with Gasteiger partial charge in [0.1, 0.15) is 0 Å². The first kappa shape index (κ1) is 18.6. The van der Waals surface area contributed by atoms with Gasteiger partial charge < -0.3 is 10.2 Å². The van der Waals surface area contributed by atoms with Crippen LogP contribution < -0.4 is 10.3 Å². The van der Waals surface area contributed by atoms with E-state index in [4.69, 9.17) is 0 Å². The molecule has 140 valence electrons. The van der Waals surface area contributed by atoms with Crippen LogP contribution in [0, 0.1) is 0 Å². The number of nitrogens with zero attached hydrogens (tertiary/aromatic N) is 3. The van der Waals surface area contributed by atoms with Crippen LogP contribution >= 0.6 is 0 Å². The van der Waals surface area contributed by atoms with Crippen molar-refractivity contribution in [2.24, 2.45) is 5.10 Å². The van der Waals surface area contributed by atoms with Crippen LogP contribution in [0.5, 0.6) is 0 Å². The number of amides is 2. The topological polar surface area (TPSA) is 65.0 Å². The number of anilines is 2. The zero-order valence-electron chi connectivity index (χ0n) is 15.9. The number of nitrogens with one attached hydrogen (secondary N) is 1. The summed E-state index contributed by atoms with van der Waals surface area (Å²) >= 11 is 0. The number of hydrogen-bond acceptors (Lipinski definition) is 4. The third kappa shape index (κ3) is 4.73. The predicted molar refractivity (Wildman–Crippen MR) is 108 cm³/mol. The van der Waals surface area contributed by atoms with Crippen LogP contribution in [0.15, 0.2) is 53.6 Å². The highest BCUT2D eigenvalue weighted by Gasteiger charge is 2.14. The zero-order valence-corrected chi connectivity index (χ0v) is 15.9. The van der Waals surface area contributed by atoms with E-state index in [0.29, 0.717) is 17.8 Å². The molecule has 0 aliphatic carbocycles.